The van der Waals surface area contributed by atoms with Gasteiger partial charge in [-0.25, -0.2) is 13.8 Å². The molecule has 1 saturated heterocycles. The standard InChI is InChI=1S/C40H42F2N6O5/c1-25(26-8-6-9-29(20-26)45-36(49)10-7-15-46(2)3)48-32-22-35(44-28-11-13-30(14-12-28)47-16-18-53-19-17-47)43-24-27(32)21-31(40(48)50)37-38(41)33(51-4)23-34(52-5)39(37)42/h6-14,20-25H,15-19H2,1-5H3,(H,43,44)(H,45,49)/b10-7+. The van der Waals surface area contributed by atoms with Crippen LogP contribution in [-0.2, 0) is 9.53 Å². The molecule has 1 atom stereocenters. The Hall–Kier alpha value is -5.79. The molecule has 11 nitrogen and oxygen atoms in total. The summed E-state index contributed by atoms with van der Waals surface area (Å²) in [5, 5.41) is 6.64. The van der Waals surface area contributed by atoms with Gasteiger partial charge in [0.1, 0.15) is 5.82 Å². The van der Waals surface area contributed by atoms with Gasteiger partial charge in [-0.3, -0.25) is 9.59 Å². The Kier molecular flexibility index (Phi) is 11.3. The van der Waals surface area contributed by atoms with Crippen LogP contribution in [0.2, 0.25) is 0 Å². The number of anilines is 4. The number of pyridine rings is 2. The van der Waals surface area contributed by atoms with Gasteiger partial charge in [0, 0.05) is 66.5 Å². The van der Waals surface area contributed by atoms with Crippen molar-refractivity contribution in [2.45, 2.75) is 13.0 Å². The molecule has 2 N–H and O–H groups in total. The van der Waals surface area contributed by atoms with E-state index in [4.69, 9.17) is 14.2 Å². The fraction of sp³-hybridized carbons (Fsp3) is 0.275. The number of carbonyl (C=O) groups is 1. The number of morpholine rings is 1. The molecule has 1 aliphatic heterocycles. The second kappa shape index (κ2) is 16.3. The minimum atomic E-state index is -1.04. The van der Waals surface area contributed by atoms with Gasteiger partial charge in [-0.15, -0.1) is 0 Å². The molecule has 0 radical (unpaired) electrons. The first-order valence-corrected chi connectivity index (χ1v) is 17.2. The van der Waals surface area contributed by atoms with Crippen LogP contribution in [0.15, 0.2) is 89.9 Å². The van der Waals surface area contributed by atoms with Crippen molar-refractivity contribution in [1.82, 2.24) is 14.5 Å². The first-order valence-electron chi connectivity index (χ1n) is 17.2. The number of amides is 1. The van der Waals surface area contributed by atoms with Crippen molar-refractivity contribution in [3.8, 4) is 22.6 Å². The summed E-state index contributed by atoms with van der Waals surface area (Å²) in [5.41, 5.74) is 2.02. The van der Waals surface area contributed by atoms with Gasteiger partial charge in [0.25, 0.3) is 5.56 Å². The van der Waals surface area contributed by atoms with Crippen molar-refractivity contribution >= 4 is 39.7 Å². The van der Waals surface area contributed by atoms with Crippen LogP contribution >= 0.6 is 0 Å². The van der Waals surface area contributed by atoms with Crippen molar-refractivity contribution in [1.29, 1.82) is 0 Å². The highest BCUT2D eigenvalue weighted by molar-refractivity contribution is 5.99. The number of halogens is 2. The van der Waals surface area contributed by atoms with E-state index in [0.717, 1.165) is 30.5 Å². The molecule has 0 spiro atoms. The molecular weight excluding hydrogens is 682 g/mol. The molecule has 3 heterocycles. The number of nitrogens with one attached hydrogen (secondary N) is 2. The summed E-state index contributed by atoms with van der Waals surface area (Å²) < 4.78 is 49.1. The molecule has 5 aromatic rings. The van der Waals surface area contributed by atoms with Crippen LogP contribution < -0.4 is 30.6 Å². The maximum Gasteiger partial charge on any atom is 0.259 e. The van der Waals surface area contributed by atoms with E-state index in [9.17, 15) is 9.59 Å². The minimum Gasteiger partial charge on any atom is -0.494 e. The van der Waals surface area contributed by atoms with Gasteiger partial charge < -0.3 is 39.2 Å². The van der Waals surface area contributed by atoms with E-state index in [1.807, 2.05) is 49.3 Å². The normalized spacial score (nSPS) is 13.8. The molecule has 2 aromatic heterocycles. The monoisotopic (exact) mass is 724 g/mol. The molecule has 0 bridgehead atoms. The molecule has 6 rings (SSSR count). The van der Waals surface area contributed by atoms with E-state index < -0.39 is 28.8 Å². The number of fused-ring (bicyclic) bond motifs is 1. The van der Waals surface area contributed by atoms with Gasteiger partial charge in [-0.1, -0.05) is 18.2 Å². The van der Waals surface area contributed by atoms with Crippen molar-refractivity contribution in [3.63, 3.8) is 0 Å². The number of benzene rings is 3. The lowest BCUT2D eigenvalue weighted by atomic mass is 10.0. The summed E-state index contributed by atoms with van der Waals surface area (Å²) >= 11 is 0. The third kappa shape index (κ3) is 8.16. The highest BCUT2D eigenvalue weighted by atomic mass is 19.1. The molecule has 1 unspecified atom stereocenters. The molecule has 13 heteroatoms. The lowest BCUT2D eigenvalue weighted by molar-refractivity contribution is -0.111. The smallest absolute Gasteiger partial charge is 0.259 e. The Bertz CT molecular complexity index is 2170. The second-order valence-electron chi connectivity index (χ2n) is 12.9. The maximum atomic E-state index is 15.9. The van der Waals surface area contributed by atoms with Gasteiger partial charge in [-0.2, -0.15) is 0 Å². The van der Waals surface area contributed by atoms with Crippen LogP contribution in [0.5, 0.6) is 11.5 Å². The number of hydrogen-bond acceptors (Lipinski definition) is 9. The number of carbonyl (C=O) groups excluding carboxylic acids is 1. The number of likely N-dealkylation sites (N-methyl/N-ethyl adjacent to an activating group) is 1. The largest absolute Gasteiger partial charge is 0.494 e. The quantitative estimate of drug-likeness (QED) is 0.138. The topological polar surface area (TPSA) is 110 Å². The lowest BCUT2D eigenvalue weighted by Gasteiger charge is -2.28. The SMILES string of the molecule is COc1cc(OC)c(F)c(-c2cc3cnc(Nc4ccc(N5CCOCC5)cc4)cc3n(C(C)c3cccc(NC(=O)/C=C/CN(C)C)c3)c2=O)c1F. The van der Waals surface area contributed by atoms with Gasteiger partial charge in [0.05, 0.1) is 50.1 Å². The number of rotatable bonds is 12. The Labute approximate surface area is 306 Å². The second-order valence-corrected chi connectivity index (χ2v) is 12.9. The summed E-state index contributed by atoms with van der Waals surface area (Å²) in [4.78, 5) is 36.0. The third-order valence-corrected chi connectivity index (χ3v) is 9.04. The molecule has 53 heavy (non-hydrogen) atoms. The fourth-order valence-corrected chi connectivity index (χ4v) is 6.29. The van der Waals surface area contributed by atoms with Gasteiger partial charge in [0.15, 0.2) is 23.1 Å². The zero-order valence-corrected chi connectivity index (χ0v) is 30.3. The zero-order valence-electron chi connectivity index (χ0n) is 30.3. The van der Waals surface area contributed by atoms with Crippen LogP contribution in [0.4, 0.5) is 31.7 Å². The molecular formula is C40H42F2N6O5. The van der Waals surface area contributed by atoms with E-state index in [2.05, 4.69) is 20.5 Å². The van der Waals surface area contributed by atoms with Crippen LogP contribution in [0, 0.1) is 11.6 Å². The Morgan fingerprint density at radius 2 is 1.68 bits per heavy atom. The number of nitrogens with zero attached hydrogens (tertiary/aromatic N) is 4. The molecule has 3 aromatic carbocycles. The van der Waals surface area contributed by atoms with Gasteiger partial charge in [-0.05, 0) is 69.0 Å². The zero-order chi connectivity index (χ0) is 37.6. The van der Waals surface area contributed by atoms with Crippen molar-refractivity contribution in [2.75, 3.05) is 76.7 Å². The number of ether oxygens (including phenoxy) is 3. The molecule has 1 aliphatic rings. The average molecular weight is 725 g/mol. The summed E-state index contributed by atoms with van der Waals surface area (Å²) in [7, 11) is 6.30. The Morgan fingerprint density at radius 3 is 2.34 bits per heavy atom. The Morgan fingerprint density at radius 1 is 0.981 bits per heavy atom. The molecule has 0 saturated carbocycles. The lowest BCUT2D eigenvalue weighted by Crippen LogP contribution is -2.36. The first kappa shape index (κ1) is 37.0. The van der Waals surface area contributed by atoms with E-state index >= 15 is 8.78 Å². The summed E-state index contributed by atoms with van der Waals surface area (Å²) in [6.07, 6.45) is 4.76. The summed E-state index contributed by atoms with van der Waals surface area (Å²) in [6, 6.07) is 18.6. The predicted octanol–water partition coefficient (Wildman–Crippen LogP) is 6.60. The van der Waals surface area contributed by atoms with Crippen molar-refractivity contribution < 1.29 is 27.8 Å². The summed E-state index contributed by atoms with van der Waals surface area (Å²) in [5.74, 6) is -2.49. The van der Waals surface area contributed by atoms with E-state index in [1.165, 1.54) is 30.9 Å². The number of hydrogen-bond donors (Lipinski definition) is 2. The summed E-state index contributed by atoms with van der Waals surface area (Å²) in [6.45, 7) is 5.40. The van der Waals surface area contributed by atoms with E-state index in [0.29, 0.717) is 47.7 Å². The van der Waals surface area contributed by atoms with E-state index in [-0.39, 0.29) is 23.0 Å². The van der Waals surface area contributed by atoms with Crippen molar-refractivity contribution in [3.05, 3.63) is 113 Å². The molecule has 1 amide bonds. The predicted molar refractivity (Wildman–Crippen MR) is 204 cm³/mol. The van der Waals surface area contributed by atoms with Crippen LogP contribution in [-0.4, -0.2) is 81.5 Å². The average Bonchev–Trinajstić information content (AvgIpc) is 3.15. The van der Waals surface area contributed by atoms with Crippen LogP contribution in [0.3, 0.4) is 0 Å². The number of aromatic nitrogens is 2. The highest BCUT2D eigenvalue weighted by Gasteiger charge is 2.26. The Balaban J connectivity index is 1.44. The minimum absolute atomic E-state index is 0.242. The molecule has 276 valence electrons. The van der Waals surface area contributed by atoms with Gasteiger partial charge in [0.2, 0.25) is 5.91 Å². The van der Waals surface area contributed by atoms with E-state index in [1.54, 1.807) is 43.5 Å². The molecule has 0 aliphatic carbocycles. The number of methoxy groups -OCH3 is 2. The third-order valence-electron chi connectivity index (χ3n) is 9.04. The first-order chi connectivity index (χ1) is 25.6. The van der Waals surface area contributed by atoms with Crippen molar-refractivity contribution in [2.24, 2.45) is 0 Å². The van der Waals surface area contributed by atoms with Crippen LogP contribution in [0.25, 0.3) is 22.0 Å². The molecule has 1 fully saturated rings. The van der Waals surface area contributed by atoms with Gasteiger partial charge >= 0.3 is 0 Å². The van der Waals surface area contributed by atoms with Crippen LogP contribution in [0.1, 0.15) is 18.5 Å². The maximum absolute atomic E-state index is 15.9. The fourth-order valence-electron chi connectivity index (χ4n) is 6.29. The highest BCUT2D eigenvalue weighted by Crippen LogP contribution is 2.38.